The average Bonchev–Trinajstić information content (AvgIpc) is 1.96. The Morgan fingerprint density at radius 3 is 2.00 bits per heavy atom. The average molecular weight is 186 g/mol. The van der Waals surface area contributed by atoms with Crippen LogP contribution in [0, 0.1) is 11.3 Å². The molecule has 1 unspecified atom stereocenters. The van der Waals surface area contributed by atoms with Gasteiger partial charge in [0.1, 0.15) is 6.10 Å². The number of ether oxygens (including phenoxy) is 1. The van der Waals surface area contributed by atoms with Gasteiger partial charge in [0, 0.05) is 0 Å². The molecule has 0 heterocycles. The van der Waals surface area contributed by atoms with Crippen molar-refractivity contribution < 1.29 is 9.53 Å². The van der Waals surface area contributed by atoms with Crippen molar-refractivity contribution in [1.29, 1.82) is 0 Å². The van der Waals surface area contributed by atoms with Gasteiger partial charge in [-0.2, -0.15) is 0 Å². The van der Waals surface area contributed by atoms with Crippen molar-refractivity contribution in [1.82, 2.24) is 0 Å². The van der Waals surface area contributed by atoms with E-state index in [2.05, 4.69) is 13.8 Å². The molecule has 0 saturated heterocycles. The van der Waals surface area contributed by atoms with E-state index in [1.165, 1.54) is 0 Å². The fraction of sp³-hybridized carbons (Fsp3) is 0.909. The summed E-state index contributed by atoms with van der Waals surface area (Å²) >= 11 is 0. The summed E-state index contributed by atoms with van der Waals surface area (Å²) in [6, 6.07) is 0. The fourth-order valence-electron chi connectivity index (χ4n) is 1.01. The molecule has 2 heteroatoms. The van der Waals surface area contributed by atoms with Gasteiger partial charge in [0.2, 0.25) is 0 Å². The van der Waals surface area contributed by atoms with Crippen LogP contribution in [0.25, 0.3) is 0 Å². The Balaban J connectivity index is 4.18. The zero-order valence-corrected chi connectivity index (χ0v) is 9.68. The summed E-state index contributed by atoms with van der Waals surface area (Å²) < 4.78 is 5.39. The third-order valence-electron chi connectivity index (χ3n) is 2.02. The summed E-state index contributed by atoms with van der Waals surface area (Å²) in [4.78, 5) is 11.5. The summed E-state index contributed by atoms with van der Waals surface area (Å²) in [6.45, 7) is 11.8. The molecule has 0 aromatic heterocycles. The predicted octanol–water partition coefficient (Wildman–Crippen LogP) is 3.01. The Morgan fingerprint density at radius 2 is 1.77 bits per heavy atom. The lowest BCUT2D eigenvalue weighted by Gasteiger charge is -2.24. The topological polar surface area (TPSA) is 26.3 Å². The summed E-state index contributed by atoms with van der Waals surface area (Å²) in [5, 5.41) is 0. The van der Waals surface area contributed by atoms with E-state index in [0.29, 0.717) is 5.92 Å². The maximum absolute atomic E-state index is 11.5. The highest BCUT2D eigenvalue weighted by atomic mass is 16.5. The van der Waals surface area contributed by atoms with Crippen LogP contribution in [-0.2, 0) is 9.53 Å². The van der Waals surface area contributed by atoms with E-state index >= 15 is 0 Å². The molecule has 2 nitrogen and oxygen atoms in total. The Hall–Kier alpha value is -0.530. The van der Waals surface area contributed by atoms with Crippen molar-refractivity contribution >= 4 is 5.97 Å². The first-order valence-electron chi connectivity index (χ1n) is 5.00. The standard InChI is InChI=1S/C11H22O2/c1-7-9(8(2)3)13-10(12)11(4,5)6/h8-9H,7H2,1-6H3. The van der Waals surface area contributed by atoms with Crippen molar-refractivity contribution in [2.75, 3.05) is 0 Å². The molecule has 0 saturated carbocycles. The van der Waals surface area contributed by atoms with Gasteiger partial charge in [-0.15, -0.1) is 0 Å². The molecule has 0 N–H and O–H groups in total. The van der Waals surface area contributed by atoms with Gasteiger partial charge in [-0.25, -0.2) is 0 Å². The van der Waals surface area contributed by atoms with Crippen molar-refractivity contribution in [3.8, 4) is 0 Å². The first-order chi connectivity index (χ1) is 5.79. The van der Waals surface area contributed by atoms with Gasteiger partial charge in [0.25, 0.3) is 0 Å². The molecular formula is C11H22O2. The molecule has 1 atom stereocenters. The van der Waals surface area contributed by atoms with Gasteiger partial charge in [-0.1, -0.05) is 20.8 Å². The smallest absolute Gasteiger partial charge is 0.311 e. The Morgan fingerprint density at radius 1 is 1.31 bits per heavy atom. The predicted molar refractivity (Wildman–Crippen MR) is 54.5 cm³/mol. The van der Waals surface area contributed by atoms with Crippen LogP contribution in [-0.4, -0.2) is 12.1 Å². The van der Waals surface area contributed by atoms with Crippen LogP contribution in [0.5, 0.6) is 0 Å². The van der Waals surface area contributed by atoms with E-state index in [-0.39, 0.29) is 17.5 Å². The van der Waals surface area contributed by atoms with E-state index in [1.807, 2.05) is 27.7 Å². The van der Waals surface area contributed by atoms with Crippen LogP contribution in [0.1, 0.15) is 48.0 Å². The molecule has 0 aromatic rings. The van der Waals surface area contributed by atoms with Gasteiger partial charge < -0.3 is 4.74 Å². The van der Waals surface area contributed by atoms with E-state index in [4.69, 9.17) is 4.74 Å². The van der Waals surface area contributed by atoms with E-state index in [1.54, 1.807) is 0 Å². The quantitative estimate of drug-likeness (QED) is 0.633. The number of carbonyl (C=O) groups is 1. The minimum absolute atomic E-state index is 0.0618. The Bertz CT molecular complexity index is 165. The normalized spacial score (nSPS) is 14.4. The van der Waals surface area contributed by atoms with Crippen LogP contribution in [0.4, 0.5) is 0 Å². The molecule has 0 aliphatic heterocycles. The zero-order chi connectivity index (χ0) is 10.6. The van der Waals surface area contributed by atoms with Crippen molar-refractivity contribution in [3.05, 3.63) is 0 Å². The summed E-state index contributed by atoms with van der Waals surface area (Å²) in [5.74, 6) is 0.296. The van der Waals surface area contributed by atoms with Gasteiger partial charge >= 0.3 is 5.97 Å². The van der Waals surface area contributed by atoms with Crippen molar-refractivity contribution in [2.24, 2.45) is 11.3 Å². The fourth-order valence-corrected chi connectivity index (χ4v) is 1.01. The van der Waals surface area contributed by atoms with Crippen LogP contribution >= 0.6 is 0 Å². The molecule has 78 valence electrons. The zero-order valence-electron chi connectivity index (χ0n) is 9.68. The lowest BCUT2D eigenvalue weighted by atomic mass is 9.96. The first kappa shape index (κ1) is 12.5. The van der Waals surface area contributed by atoms with Crippen LogP contribution in [0.3, 0.4) is 0 Å². The number of rotatable bonds is 3. The van der Waals surface area contributed by atoms with Gasteiger partial charge in [0.05, 0.1) is 5.41 Å². The van der Waals surface area contributed by atoms with Crippen molar-refractivity contribution in [3.63, 3.8) is 0 Å². The number of esters is 1. The molecule has 0 rings (SSSR count). The van der Waals surface area contributed by atoms with Gasteiger partial charge in [0.15, 0.2) is 0 Å². The van der Waals surface area contributed by atoms with Crippen LogP contribution in [0.15, 0.2) is 0 Å². The third kappa shape index (κ3) is 4.30. The SMILES string of the molecule is CCC(OC(=O)C(C)(C)C)C(C)C. The Labute approximate surface area is 81.7 Å². The molecule has 0 bridgehead atoms. The summed E-state index contributed by atoms with van der Waals surface area (Å²) in [7, 11) is 0. The molecule has 0 aliphatic carbocycles. The summed E-state index contributed by atoms with van der Waals surface area (Å²) in [6.07, 6.45) is 0.950. The van der Waals surface area contributed by atoms with Gasteiger partial charge in [-0.05, 0) is 33.1 Å². The monoisotopic (exact) mass is 186 g/mol. The van der Waals surface area contributed by atoms with Crippen LogP contribution < -0.4 is 0 Å². The second-order valence-corrected chi connectivity index (χ2v) is 4.85. The third-order valence-corrected chi connectivity index (χ3v) is 2.02. The number of hydrogen-bond acceptors (Lipinski definition) is 2. The molecule has 0 aromatic carbocycles. The molecule has 13 heavy (non-hydrogen) atoms. The lowest BCUT2D eigenvalue weighted by Crippen LogP contribution is -2.30. The largest absolute Gasteiger partial charge is 0.462 e. The lowest BCUT2D eigenvalue weighted by molar-refractivity contribution is -0.161. The molecular weight excluding hydrogens is 164 g/mol. The molecule has 0 radical (unpaired) electrons. The first-order valence-corrected chi connectivity index (χ1v) is 5.00. The highest BCUT2D eigenvalue weighted by Gasteiger charge is 2.26. The van der Waals surface area contributed by atoms with Crippen molar-refractivity contribution in [2.45, 2.75) is 54.1 Å². The van der Waals surface area contributed by atoms with Crippen LogP contribution in [0.2, 0.25) is 0 Å². The second-order valence-electron chi connectivity index (χ2n) is 4.85. The maximum atomic E-state index is 11.5. The molecule has 0 spiro atoms. The van der Waals surface area contributed by atoms with E-state index in [9.17, 15) is 4.79 Å². The minimum atomic E-state index is -0.387. The second kappa shape index (κ2) is 4.64. The number of hydrogen-bond donors (Lipinski definition) is 0. The van der Waals surface area contributed by atoms with Gasteiger partial charge in [-0.3, -0.25) is 4.79 Å². The Kier molecular flexibility index (Phi) is 4.45. The number of carbonyl (C=O) groups excluding carboxylic acids is 1. The molecule has 0 amide bonds. The highest BCUT2D eigenvalue weighted by molar-refractivity contribution is 5.75. The molecule has 0 aliphatic rings. The highest BCUT2D eigenvalue weighted by Crippen LogP contribution is 2.19. The van der Waals surface area contributed by atoms with E-state index < -0.39 is 0 Å². The van der Waals surface area contributed by atoms with E-state index in [0.717, 1.165) is 6.42 Å². The minimum Gasteiger partial charge on any atom is -0.462 e. The summed E-state index contributed by atoms with van der Waals surface area (Å²) in [5.41, 5.74) is -0.387. The maximum Gasteiger partial charge on any atom is 0.311 e. The molecule has 0 fully saturated rings.